The number of benzene rings is 1. The van der Waals surface area contributed by atoms with Crippen molar-refractivity contribution in [2.24, 2.45) is 0 Å². The molecule has 2 rings (SSSR count). The summed E-state index contributed by atoms with van der Waals surface area (Å²) in [6.45, 7) is 0.490. The number of ether oxygens (including phenoxy) is 1. The van der Waals surface area contributed by atoms with Gasteiger partial charge in [-0.3, -0.25) is 4.98 Å². The van der Waals surface area contributed by atoms with Gasteiger partial charge in [0.25, 0.3) is 0 Å². The summed E-state index contributed by atoms with van der Waals surface area (Å²) >= 11 is 3.37. The normalized spacial score (nSPS) is 10.1. The highest BCUT2D eigenvalue weighted by Crippen LogP contribution is 2.23. The van der Waals surface area contributed by atoms with Gasteiger partial charge in [0.2, 0.25) is 0 Å². The molecular weight excluding hydrogens is 268 g/mol. The van der Waals surface area contributed by atoms with Crippen LogP contribution in [0.15, 0.2) is 47.2 Å². The molecule has 0 fully saturated rings. The van der Waals surface area contributed by atoms with Gasteiger partial charge in [-0.05, 0) is 18.2 Å². The zero-order chi connectivity index (χ0) is 11.4. The van der Waals surface area contributed by atoms with Crippen LogP contribution >= 0.6 is 15.9 Å². The van der Waals surface area contributed by atoms with E-state index < -0.39 is 0 Å². The van der Waals surface area contributed by atoms with E-state index in [0.717, 1.165) is 15.8 Å². The zero-order valence-electron chi connectivity index (χ0n) is 8.56. The summed E-state index contributed by atoms with van der Waals surface area (Å²) in [5, 5.41) is 0. The zero-order valence-corrected chi connectivity index (χ0v) is 10.1. The van der Waals surface area contributed by atoms with Gasteiger partial charge in [0.1, 0.15) is 12.4 Å². The molecule has 0 bridgehead atoms. The number of rotatable bonds is 3. The average Bonchev–Trinajstić information content (AvgIpc) is 2.27. The van der Waals surface area contributed by atoms with Gasteiger partial charge in [-0.1, -0.05) is 22.0 Å². The topological polar surface area (TPSA) is 48.1 Å². The minimum absolute atomic E-state index is 0.490. The van der Waals surface area contributed by atoms with Gasteiger partial charge in [0, 0.05) is 34.2 Å². The SMILES string of the molecule is Nc1cc(Br)cc(OCc2cccnc2)c1. The van der Waals surface area contributed by atoms with E-state index in [1.54, 1.807) is 18.5 Å². The molecule has 0 saturated heterocycles. The van der Waals surface area contributed by atoms with E-state index in [2.05, 4.69) is 20.9 Å². The van der Waals surface area contributed by atoms with E-state index in [-0.39, 0.29) is 0 Å². The van der Waals surface area contributed by atoms with Gasteiger partial charge < -0.3 is 10.5 Å². The summed E-state index contributed by atoms with van der Waals surface area (Å²) in [4.78, 5) is 4.02. The molecule has 1 heterocycles. The van der Waals surface area contributed by atoms with Crippen molar-refractivity contribution in [3.63, 3.8) is 0 Å². The van der Waals surface area contributed by atoms with E-state index in [9.17, 15) is 0 Å². The molecule has 0 saturated carbocycles. The Bertz CT molecular complexity index is 453. The second-order valence-electron chi connectivity index (χ2n) is 3.37. The van der Waals surface area contributed by atoms with Gasteiger partial charge in [-0.2, -0.15) is 0 Å². The lowest BCUT2D eigenvalue weighted by Gasteiger charge is -2.07. The highest BCUT2D eigenvalue weighted by molar-refractivity contribution is 9.10. The number of aromatic nitrogens is 1. The van der Waals surface area contributed by atoms with E-state index >= 15 is 0 Å². The van der Waals surface area contributed by atoms with Crippen LogP contribution in [0.25, 0.3) is 0 Å². The highest BCUT2D eigenvalue weighted by Gasteiger charge is 1.99. The fourth-order valence-electron chi connectivity index (χ4n) is 1.32. The van der Waals surface area contributed by atoms with Crippen LogP contribution in [0.3, 0.4) is 0 Å². The molecule has 1 aromatic carbocycles. The third-order valence-electron chi connectivity index (χ3n) is 2.02. The van der Waals surface area contributed by atoms with E-state index in [1.165, 1.54) is 0 Å². The molecule has 0 atom stereocenters. The molecule has 0 spiro atoms. The van der Waals surface area contributed by atoms with E-state index in [4.69, 9.17) is 10.5 Å². The number of hydrogen-bond donors (Lipinski definition) is 1. The van der Waals surface area contributed by atoms with Crippen LogP contribution in [0.5, 0.6) is 5.75 Å². The Morgan fingerprint density at radius 3 is 2.88 bits per heavy atom. The Morgan fingerprint density at radius 1 is 1.31 bits per heavy atom. The molecule has 2 N–H and O–H groups in total. The number of nitrogens with two attached hydrogens (primary N) is 1. The highest BCUT2D eigenvalue weighted by atomic mass is 79.9. The quantitative estimate of drug-likeness (QED) is 0.878. The molecule has 0 aliphatic heterocycles. The number of nitrogens with zero attached hydrogens (tertiary/aromatic N) is 1. The van der Waals surface area contributed by atoms with Crippen LogP contribution in [0.2, 0.25) is 0 Å². The van der Waals surface area contributed by atoms with Gasteiger partial charge >= 0.3 is 0 Å². The first-order chi connectivity index (χ1) is 7.74. The maximum atomic E-state index is 5.71. The van der Waals surface area contributed by atoms with Crippen molar-refractivity contribution >= 4 is 21.6 Å². The molecule has 0 aliphatic rings. The third kappa shape index (κ3) is 2.97. The van der Waals surface area contributed by atoms with Crippen molar-refractivity contribution in [2.75, 3.05) is 5.73 Å². The van der Waals surface area contributed by atoms with Gasteiger partial charge in [0.05, 0.1) is 0 Å². The maximum Gasteiger partial charge on any atom is 0.122 e. The lowest BCUT2D eigenvalue weighted by atomic mass is 10.3. The molecule has 3 nitrogen and oxygen atoms in total. The second-order valence-corrected chi connectivity index (χ2v) is 4.29. The molecule has 0 unspecified atom stereocenters. The van der Waals surface area contributed by atoms with Crippen molar-refractivity contribution in [3.8, 4) is 5.75 Å². The van der Waals surface area contributed by atoms with E-state index in [0.29, 0.717) is 12.3 Å². The summed E-state index contributed by atoms with van der Waals surface area (Å²) in [7, 11) is 0. The van der Waals surface area contributed by atoms with Crippen molar-refractivity contribution < 1.29 is 4.74 Å². The fourth-order valence-corrected chi connectivity index (χ4v) is 1.81. The van der Waals surface area contributed by atoms with Gasteiger partial charge in [-0.15, -0.1) is 0 Å². The summed E-state index contributed by atoms with van der Waals surface area (Å²) in [6.07, 6.45) is 3.52. The number of halogens is 1. The summed E-state index contributed by atoms with van der Waals surface area (Å²) in [5.41, 5.74) is 7.41. The monoisotopic (exact) mass is 278 g/mol. The lowest BCUT2D eigenvalue weighted by molar-refractivity contribution is 0.306. The molecule has 0 aliphatic carbocycles. The molecule has 0 radical (unpaired) electrons. The molecule has 2 aromatic rings. The summed E-state index contributed by atoms with van der Waals surface area (Å²) in [6, 6.07) is 9.35. The predicted octanol–water partition coefficient (Wildman–Crippen LogP) is 3.01. The maximum absolute atomic E-state index is 5.71. The van der Waals surface area contributed by atoms with Crippen LogP contribution in [-0.2, 0) is 6.61 Å². The molecule has 1 aromatic heterocycles. The van der Waals surface area contributed by atoms with Gasteiger partial charge in [0.15, 0.2) is 0 Å². The van der Waals surface area contributed by atoms with Crippen LogP contribution in [0.1, 0.15) is 5.56 Å². The smallest absolute Gasteiger partial charge is 0.122 e. The molecular formula is C12H11BrN2O. The number of anilines is 1. The predicted molar refractivity (Wildman–Crippen MR) is 67.1 cm³/mol. The number of hydrogen-bond acceptors (Lipinski definition) is 3. The number of pyridine rings is 1. The Kier molecular flexibility index (Phi) is 3.41. The number of nitrogen functional groups attached to an aromatic ring is 1. The van der Waals surface area contributed by atoms with Crippen LogP contribution in [-0.4, -0.2) is 4.98 Å². The Balaban J connectivity index is 2.05. The Hall–Kier alpha value is -1.55. The van der Waals surface area contributed by atoms with Crippen LogP contribution < -0.4 is 10.5 Å². The molecule has 82 valence electrons. The van der Waals surface area contributed by atoms with Crippen molar-refractivity contribution in [3.05, 3.63) is 52.8 Å². The average molecular weight is 279 g/mol. The minimum atomic E-state index is 0.490. The van der Waals surface area contributed by atoms with Crippen molar-refractivity contribution in [1.29, 1.82) is 0 Å². The van der Waals surface area contributed by atoms with Crippen LogP contribution in [0, 0.1) is 0 Å². The van der Waals surface area contributed by atoms with Gasteiger partial charge in [-0.25, -0.2) is 0 Å². The Labute approximate surface area is 102 Å². The lowest BCUT2D eigenvalue weighted by Crippen LogP contribution is -1.96. The standard InChI is InChI=1S/C12H11BrN2O/c13-10-4-11(14)6-12(5-10)16-8-9-2-1-3-15-7-9/h1-7H,8,14H2. The summed E-state index contributed by atoms with van der Waals surface area (Å²) < 4.78 is 6.51. The molecule has 16 heavy (non-hydrogen) atoms. The first-order valence-electron chi connectivity index (χ1n) is 4.82. The molecule has 4 heteroatoms. The third-order valence-corrected chi connectivity index (χ3v) is 2.48. The Morgan fingerprint density at radius 2 is 2.19 bits per heavy atom. The summed E-state index contributed by atoms with van der Waals surface area (Å²) in [5.74, 6) is 0.746. The van der Waals surface area contributed by atoms with Crippen molar-refractivity contribution in [2.45, 2.75) is 6.61 Å². The van der Waals surface area contributed by atoms with Crippen LogP contribution in [0.4, 0.5) is 5.69 Å². The second kappa shape index (κ2) is 4.99. The molecule has 0 amide bonds. The van der Waals surface area contributed by atoms with E-state index in [1.807, 2.05) is 24.3 Å². The fraction of sp³-hybridized carbons (Fsp3) is 0.0833. The first-order valence-corrected chi connectivity index (χ1v) is 5.61. The first kappa shape index (κ1) is 11.0. The minimum Gasteiger partial charge on any atom is -0.489 e. The largest absolute Gasteiger partial charge is 0.489 e. The van der Waals surface area contributed by atoms with Crippen molar-refractivity contribution in [1.82, 2.24) is 4.98 Å².